The first-order valence-electron chi connectivity index (χ1n) is 10.9. The normalized spacial score (nSPS) is 20.1. The molecule has 0 saturated carbocycles. The Morgan fingerprint density at radius 1 is 1.28 bits per heavy atom. The van der Waals surface area contributed by atoms with E-state index in [-0.39, 0.29) is 0 Å². The number of aromatic nitrogens is 2. The van der Waals surface area contributed by atoms with E-state index in [1.54, 1.807) is 0 Å². The van der Waals surface area contributed by atoms with Crippen molar-refractivity contribution >= 4 is 5.96 Å². The maximum absolute atomic E-state index is 5.79. The summed E-state index contributed by atoms with van der Waals surface area (Å²) in [5.41, 5.74) is 1.33. The number of guanidine groups is 1. The molecule has 29 heavy (non-hydrogen) atoms. The van der Waals surface area contributed by atoms with Gasteiger partial charge in [-0.15, -0.1) is 0 Å². The van der Waals surface area contributed by atoms with Gasteiger partial charge in [-0.05, 0) is 37.7 Å². The topological polar surface area (TPSA) is 54.7 Å². The smallest absolute Gasteiger partial charge is 0.193 e. The number of piperidine rings is 1. The van der Waals surface area contributed by atoms with Crippen molar-refractivity contribution in [3.8, 4) is 0 Å². The third-order valence-electron chi connectivity index (χ3n) is 5.55. The van der Waals surface area contributed by atoms with Crippen molar-refractivity contribution in [3.63, 3.8) is 0 Å². The van der Waals surface area contributed by atoms with Gasteiger partial charge in [-0.25, -0.2) is 4.98 Å². The van der Waals surface area contributed by atoms with E-state index in [0.717, 1.165) is 64.6 Å². The van der Waals surface area contributed by atoms with Gasteiger partial charge in [-0.1, -0.05) is 37.3 Å². The van der Waals surface area contributed by atoms with Crippen molar-refractivity contribution in [1.82, 2.24) is 19.8 Å². The molecule has 1 aromatic heterocycles. The number of nitrogens with zero attached hydrogens (tertiary/aromatic N) is 4. The van der Waals surface area contributed by atoms with E-state index in [1.807, 2.05) is 18.6 Å². The maximum atomic E-state index is 5.79. The van der Waals surface area contributed by atoms with E-state index in [9.17, 15) is 0 Å². The van der Waals surface area contributed by atoms with Crippen LogP contribution < -0.4 is 5.32 Å². The van der Waals surface area contributed by atoms with Gasteiger partial charge in [0, 0.05) is 45.2 Å². The van der Waals surface area contributed by atoms with Gasteiger partial charge >= 0.3 is 0 Å². The predicted octanol–water partition coefficient (Wildman–Crippen LogP) is 3.38. The van der Waals surface area contributed by atoms with Crippen LogP contribution in [0.1, 0.15) is 38.3 Å². The SMILES string of the molecule is CCNC(=NCCCOCCc1ccccc1)N1CCC(C)C(n2ccnc2)C1. The Hall–Kier alpha value is -2.34. The molecule has 1 aliphatic rings. The van der Waals surface area contributed by atoms with E-state index < -0.39 is 0 Å². The number of hydrogen-bond donors (Lipinski definition) is 1. The average Bonchev–Trinajstić information content (AvgIpc) is 3.28. The van der Waals surface area contributed by atoms with Gasteiger partial charge in [0.15, 0.2) is 5.96 Å². The largest absolute Gasteiger partial charge is 0.381 e. The number of nitrogens with one attached hydrogen (secondary N) is 1. The lowest BCUT2D eigenvalue weighted by Gasteiger charge is -2.39. The van der Waals surface area contributed by atoms with E-state index in [2.05, 4.69) is 64.1 Å². The van der Waals surface area contributed by atoms with Crippen molar-refractivity contribution in [2.75, 3.05) is 39.4 Å². The molecule has 1 N–H and O–H groups in total. The van der Waals surface area contributed by atoms with Gasteiger partial charge in [0.05, 0.1) is 19.0 Å². The first kappa shape index (κ1) is 21.4. The fourth-order valence-corrected chi connectivity index (χ4v) is 3.81. The molecule has 158 valence electrons. The van der Waals surface area contributed by atoms with Crippen LogP contribution in [-0.4, -0.2) is 59.8 Å². The first-order chi connectivity index (χ1) is 14.3. The minimum absolute atomic E-state index is 0.441. The van der Waals surface area contributed by atoms with Crippen molar-refractivity contribution in [2.24, 2.45) is 10.9 Å². The van der Waals surface area contributed by atoms with Gasteiger partial charge in [-0.2, -0.15) is 0 Å². The molecule has 0 radical (unpaired) electrons. The average molecular weight is 398 g/mol. The summed E-state index contributed by atoms with van der Waals surface area (Å²) in [6.45, 7) is 9.67. The highest BCUT2D eigenvalue weighted by Crippen LogP contribution is 2.27. The van der Waals surface area contributed by atoms with Crippen molar-refractivity contribution in [1.29, 1.82) is 0 Å². The van der Waals surface area contributed by atoms with Gasteiger partial charge in [0.25, 0.3) is 0 Å². The zero-order valence-corrected chi connectivity index (χ0v) is 17.8. The Kier molecular flexibility index (Phi) is 8.56. The van der Waals surface area contributed by atoms with Crippen LogP contribution in [0.15, 0.2) is 54.0 Å². The maximum Gasteiger partial charge on any atom is 0.193 e. The second-order valence-corrected chi connectivity index (χ2v) is 7.73. The Labute approximate surface area is 175 Å². The van der Waals surface area contributed by atoms with E-state index in [4.69, 9.17) is 9.73 Å². The highest BCUT2D eigenvalue weighted by Gasteiger charge is 2.28. The number of rotatable bonds is 9. The number of imidazole rings is 1. The summed E-state index contributed by atoms with van der Waals surface area (Å²) in [4.78, 5) is 11.5. The van der Waals surface area contributed by atoms with Crippen molar-refractivity contribution < 1.29 is 4.74 Å². The highest BCUT2D eigenvalue weighted by atomic mass is 16.5. The summed E-state index contributed by atoms with van der Waals surface area (Å²) in [7, 11) is 0. The lowest BCUT2D eigenvalue weighted by atomic mass is 9.93. The van der Waals surface area contributed by atoms with E-state index in [0.29, 0.717) is 12.0 Å². The van der Waals surface area contributed by atoms with Crippen LogP contribution >= 0.6 is 0 Å². The van der Waals surface area contributed by atoms with Crippen LogP contribution in [0, 0.1) is 5.92 Å². The minimum Gasteiger partial charge on any atom is -0.381 e. The molecular formula is C23H35N5O. The summed E-state index contributed by atoms with van der Waals surface area (Å²) >= 11 is 0. The van der Waals surface area contributed by atoms with E-state index in [1.165, 1.54) is 5.56 Å². The van der Waals surface area contributed by atoms with Crippen LogP contribution in [0.25, 0.3) is 0 Å². The molecule has 3 rings (SSSR count). The Morgan fingerprint density at radius 2 is 2.14 bits per heavy atom. The summed E-state index contributed by atoms with van der Waals surface area (Å²) < 4.78 is 8.03. The Bertz CT molecular complexity index is 716. The molecule has 6 heteroatoms. The van der Waals surface area contributed by atoms with Crippen molar-refractivity contribution in [2.45, 2.75) is 39.2 Å². The van der Waals surface area contributed by atoms with Crippen LogP contribution in [0.5, 0.6) is 0 Å². The molecule has 6 nitrogen and oxygen atoms in total. The number of benzene rings is 1. The molecule has 0 spiro atoms. The molecule has 0 bridgehead atoms. The summed E-state index contributed by atoms with van der Waals surface area (Å²) in [6.07, 6.45) is 8.94. The zero-order valence-electron chi connectivity index (χ0n) is 17.8. The molecule has 2 unspecified atom stereocenters. The van der Waals surface area contributed by atoms with Crippen LogP contribution in [0.3, 0.4) is 0 Å². The molecule has 1 aromatic carbocycles. The fourth-order valence-electron chi connectivity index (χ4n) is 3.81. The molecule has 0 aliphatic carbocycles. The van der Waals surface area contributed by atoms with Crippen LogP contribution in [0.4, 0.5) is 0 Å². The third-order valence-corrected chi connectivity index (χ3v) is 5.55. The summed E-state index contributed by atoms with van der Waals surface area (Å²) in [6, 6.07) is 10.9. The number of aliphatic imine (C=N–C) groups is 1. The Morgan fingerprint density at radius 3 is 2.90 bits per heavy atom. The van der Waals surface area contributed by atoms with Gasteiger partial charge in [0.2, 0.25) is 0 Å². The van der Waals surface area contributed by atoms with Gasteiger partial charge < -0.3 is 19.5 Å². The van der Waals surface area contributed by atoms with Crippen molar-refractivity contribution in [3.05, 3.63) is 54.6 Å². The van der Waals surface area contributed by atoms with Gasteiger partial charge in [0.1, 0.15) is 0 Å². The third kappa shape index (κ3) is 6.60. The number of ether oxygens (including phenoxy) is 1. The lowest BCUT2D eigenvalue weighted by Crippen LogP contribution is -2.49. The second kappa shape index (κ2) is 11.6. The minimum atomic E-state index is 0.441. The predicted molar refractivity (Wildman–Crippen MR) is 118 cm³/mol. The molecule has 1 fully saturated rings. The standard InChI is InChI=1S/C23H35N5O/c1-3-25-23(26-12-7-16-29-17-11-21-8-5-4-6-9-21)27-14-10-20(2)22(18-27)28-15-13-24-19-28/h4-6,8-9,13,15,19-20,22H,3,7,10-12,14,16-18H2,1-2H3,(H,25,26). The number of hydrogen-bond acceptors (Lipinski definition) is 3. The molecule has 0 amide bonds. The van der Waals surface area contributed by atoms with Crippen LogP contribution in [-0.2, 0) is 11.2 Å². The monoisotopic (exact) mass is 397 g/mol. The zero-order chi connectivity index (χ0) is 20.3. The van der Waals surface area contributed by atoms with Crippen LogP contribution in [0.2, 0.25) is 0 Å². The summed E-state index contributed by atoms with van der Waals surface area (Å²) in [5.74, 6) is 1.66. The van der Waals surface area contributed by atoms with Gasteiger partial charge in [-0.3, -0.25) is 4.99 Å². The van der Waals surface area contributed by atoms with E-state index >= 15 is 0 Å². The molecule has 1 saturated heterocycles. The quantitative estimate of drug-likeness (QED) is 0.400. The molecule has 2 aromatic rings. The lowest BCUT2D eigenvalue weighted by molar-refractivity contribution is 0.136. The fraction of sp³-hybridized carbons (Fsp3) is 0.565. The molecule has 2 atom stereocenters. The second-order valence-electron chi connectivity index (χ2n) is 7.73. The molecular weight excluding hydrogens is 362 g/mol. The Balaban J connectivity index is 1.43. The number of likely N-dealkylation sites (tertiary alicyclic amines) is 1. The molecule has 1 aliphatic heterocycles. The summed E-state index contributed by atoms with van der Waals surface area (Å²) in [5, 5.41) is 3.47. The first-order valence-corrected chi connectivity index (χ1v) is 10.9. The molecule has 2 heterocycles. The highest BCUT2D eigenvalue weighted by molar-refractivity contribution is 5.80.